The minimum Gasteiger partial charge on any atom is -0.245 e. The number of rotatable bonds is 0. The molecule has 0 N–H and O–H groups in total. The molecule has 0 fully saturated rings. The fraction of sp³-hybridized carbons (Fsp3) is 0. The molecule has 0 radical (unpaired) electrons. The van der Waals surface area contributed by atoms with Crippen LogP contribution in [0.2, 0.25) is 0 Å². The fourth-order valence-corrected chi connectivity index (χ4v) is 0.253. The zero-order chi connectivity index (χ0) is 4.24. The Balaban J connectivity index is -0.0000000450. The molecule has 0 saturated heterocycles. The molecule has 2 nitrogen and oxygen atoms in total. The number of hydrogen-bond donors (Lipinski definition) is 0. The van der Waals surface area contributed by atoms with Crippen molar-refractivity contribution < 1.29 is 0 Å². The highest BCUT2D eigenvalue weighted by molar-refractivity contribution is 5.86. The van der Waals surface area contributed by atoms with Crippen LogP contribution in [0.1, 0.15) is 0 Å². The predicted molar refractivity (Wildman–Crippen MR) is 51.0 cm³/mol. The molecule has 1 rings (SSSR count). The molecule has 0 unspecified atom stereocenters. The SMILES string of the molecule is Cl.Cl.Cl.Cl.c1cncnc1. The zero-order valence-corrected chi connectivity index (χ0v) is 8.10. The first-order chi connectivity index (χ1) is 3.00. The summed E-state index contributed by atoms with van der Waals surface area (Å²) in [6.07, 6.45) is 4.88. The van der Waals surface area contributed by atoms with Crippen LogP contribution < -0.4 is 0 Å². The fourth-order valence-electron chi connectivity index (χ4n) is 0.253. The zero-order valence-electron chi connectivity index (χ0n) is 4.84. The summed E-state index contributed by atoms with van der Waals surface area (Å²) >= 11 is 0. The maximum atomic E-state index is 3.67. The normalized spacial score (nSPS) is 4.80. The summed E-state index contributed by atoms with van der Waals surface area (Å²) in [6, 6.07) is 1.78. The molecular formula is C4H8Cl4N2. The van der Waals surface area contributed by atoms with Crippen LogP contribution in [-0.2, 0) is 0 Å². The highest BCUT2D eigenvalue weighted by atomic mass is 35.5. The highest BCUT2D eigenvalue weighted by Gasteiger charge is 1.59. The molecule has 0 spiro atoms. The van der Waals surface area contributed by atoms with Crippen molar-refractivity contribution in [2.75, 3.05) is 0 Å². The van der Waals surface area contributed by atoms with Crippen molar-refractivity contribution in [3.05, 3.63) is 24.8 Å². The van der Waals surface area contributed by atoms with Crippen molar-refractivity contribution in [1.82, 2.24) is 9.97 Å². The molecule has 0 atom stereocenters. The van der Waals surface area contributed by atoms with Crippen LogP contribution in [0.5, 0.6) is 0 Å². The van der Waals surface area contributed by atoms with Crippen molar-refractivity contribution in [2.45, 2.75) is 0 Å². The van der Waals surface area contributed by atoms with Gasteiger partial charge in [-0.25, -0.2) is 9.97 Å². The predicted octanol–water partition coefficient (Wildman–Crippen LogP) is 2.16. The maximum Gasteiger partial charge on any atom is 0.115 e. The van der Waals surface area contributed by atoms with Gasteiger partial charge in [0.1, 0.15) is 6.33 Å². The summed E-state index contributed by atoms with van der Waals surface area (Å²) in [5, 5.41) is 0. The second kappa shape index (κ2) is 16.1. The van der Waals surface area contributed by atoms with E-state index in [1.54, 1.807) is 18.5 Å². The Labute approximate surface area is 84.5 Å². The first kappa shape index (κ1) is 22.5. The van der Waals surface area contributed by atoms with Crippen LogP contribution in [0.4, 0.5) is 0 Å². The standard InChI is InChI=1S/C4H4N2.4ClH/c1-2-5-4-6-3-1;;;;/h1-4H;4*1H. The molecular weight excluding hydrogens is 218 g/mol. The van der Waals surface area contributed by atoms with Crippen LogP contribution in [0, 0.1) is 0 Å². The third-order valence-corrected chi connectivity index (χ3v) is 0.478. The molecule has 0 aliphatic carbocycles. The number of aromatic nitrogens is 2. The molecule has 0 aromatic carbocycles. The van der Waals surface area contributed by atoms with Crippen molar-refractivity contribution >= 4 is 49.6 Å². The second-order valence-corrected chi connectivity index (χ2v) is 0.904. The lowest BCUT2D eigenvalue weighted by molar-refractivity contribution is 1.17. The highest BCUT2D eigenvalue weighted by Crippen LogP contribution is 1.66. The van der Waals surface area contributed by atoms with E-state index in [-0.39, 0.29) is 49.6 Å². The Morgan fingerprint density at radius 1 is 0.700 bits per heavy atom. The molecule has 1 heterocycles. The van der Waals surface area contributed by atoms with Gasteiger partial charge in [0.05, 0.1) is 0 Å². The van der Waals surface area contributed by atoms with E-state index in [1.807, 2.05) is 0 Å². The molecule has 0 saturated carbocycles. The Bertz CT molecular complexity index is 87.2. The Kier molecular flexibility index (Phi) is 36.2. The van der Waals surface area contributed by atoms with Crippen molar-refractivity contribution in [3.63, 3.8) is 0 Å². The van der Waals surface area contributed by atoms with E-state index in [0.29, 0.717) is 0 Å². The smallest absolute Gasteiger partial charge is 0.115 e. The van der Waals surface area contributed by atoms with Gasteiger partial charge in [-0.05, 0) is 6.07 Å². The molecule has 0 aliphatic heterocycles. The van der Waals surface area contributed by atoms with Crippen LogP contribution in [0.25, 0.3) is 0 Å². The first-order valence-corrected chi connectivity index (χ1v) is 1.70. The van der Waals surface area contributed by atoms with Crippen molar-refractivity contribution in [1.29, 1.82) is 0 Å². The Morgan fingerprint density at radius 3 is 1.20 bits per heavy atom. The Morgan fingerprint density at radius 2 is 1.10 bits per heavy atom. The van der Waals surface area contributed by atoms with E-state index in [9.17, 15) is 0 Å². The minimum atomic E-state index is 0. The van der Waals surface area contributed by atoms with Gasteiger partial charge in [-0.1, -0.05) is 0 Å². The average Bonchev–Trinajstić information content (AvgIpc) is 1.72. The number of halogens is 4. The van der Waals surface area contributed by atoms with Gasteiger partial charge in [0.2, 0.25) is 0 Å². The van der Waals surface area contributed by atoms with Crippen LogP contribution in [-0.4, -0.2) is 9.97 Å². The lowest BCUT2D eigenvalue weighted by atomic mass is 10.7. The van der Waals surface area contributed by atoms with Gasteiger partial charge in [0, 0.05) is 12.4 Å². The average molecular weight is 226 g/mol. The van der Waals surface area contributed by atoms with Gasteiger partial charge >= 0.3 is 0 Å². The molecule has 0 bridgehead atoms. The van der Waals surface area contributed by atoms with Crippen LogP contribution in [0.3, 0.4) is 0 Å². The summed E-state index contributed by atoms with van der Waals surface area (Å²) in [5.41, 5.74) is 0. The summed E-state index contributed by atoms with van der Waals surface area (Å²) in [7, 11) is 0. The van der Waals surface area contributed by atoms with Crippen molar-refractivity contribution in [2.24, 2.45) is 0 Å². The Hall–Kier alpha value is 0.240. The third kappa shape index (κ3) is 11.1. The third-order valence-electron chi connectivity index (χ3n) is 0.478. The van der Waals surface area contributed by atoms with E-state index in [0.717, 1.165) is 0 Å². The van der Waals surface area contributed by atoms with E-state index >= 15 is 0 Å². The molecule has 62 valence electrons. The van der Waals surface area contributed by atoms with Crippen molar-refractivity contribution in [3.8, 4) is 0 Å². The van der Waals surface area contributed by atoms with Gasteiger partial charge in [-0.3, -0.25) is 0 Å². The van der Waals surface area contributed by atoms with Gasteiger partial charge in [0.25, 0.3) is 0 Å². The topological polar surface area (TPSA) is 25.8 Å². The van der Waals surface area contributed by atoms with Crippen LogP contribution >= 0.6 is 49.6 Å². The quantitative estimate of drug-likeness (QED) is 0.677. The first-order valence-electron chi connectivity index (χ1n) is 1.70. The molecule has 1 aromatic heterocycles. The summed E-state index contributed by atoms with van der Waals surface area (Å²) < 4.78 is 0. The largest absolute Gasteiger partial charge is 0.245 e. The summed E-state index contributed by atoms with van der Waals surface area (Å²) in [4.78, 5) is 7.35. The molecule has 0 amide bonds. The monoisotopic (exact) mass is 224 g/mol. The van der Waals surface area contributed by atoms with Gasteiger partial charge in [-0.15, -0.1) is 49.6 Å². The lowest BCUT2D eigenvalue weighted by Gasteiger charge is -1.70. The van der Waals surface area contributed by atoms with E-state index < -0.39 is 0 Å². The minimum absolute atomic E-state index is 0. The summed E-state index contributed by atoms with van der Waals surface area (Å²) in [6.45, 7) is 0. The van der Waals surface area contributed by atoms with Gasteiger partial charge in [0.15, 0.2) is 0 Å². The van der Waals surface area contributed by atoms with Gasteiger partial charge < -0.3 is 0 Å². The van der Waals surface area contributed by atoms with E-state index in [4.69, 9.17) is 0 Å². The number of nitrogens with zero attached hydrogens (tertiary/aromatic N) is 2. The van der Waals surface area contributed by atoms with E-state index in [1.165, 1.54) is 6.33 Å². The van der Waals surface area contributed by atoms with Gasteiger partial charge in [-0.2, -0.15) is 0 Å². The summed E-state index contributed by atoms with van der Waals surface area (Å²) in [5.74, 6) is 0. The van der Waals surface area contributed by atoms with Crippen LogP contribution in [0.15, 0.2) is 24.8 Å². The molecule has 1 aromatic rings. The molecule has 10 heavy (non-hydrogen) atoms. The van der Waals surface area contributed by atoms with E-state index in [2.05, 4.69) is 9.97 Å². The molecule has 6 heteroatoms. The second-order valence-electron chi connectivity index (χ2n) is 0.904. The maximum absolute atomic E-state index is 3.67. The lowest BCUT2D eigenvalue weighted by Crippen LogP contribution is -1.66. The number of hydrogen-bond acceptors (Lipinski definition) is 2. The molecule has 0 aliphatic rings.